The monoisotopic (exact) mass is 335 g/mol. The van der Waals surface area contributed by atoms with Gasteiger partial charge in [-0.2, -0.15) is 0 Å². The molecule has 1 aromatic rings. The number of hydrogen-bond donors (Lipinski definition) is 1. The zero-order valence-electron chi connectivity index (χ0n) is 16.3. The second-order valence-corrected chi connectivity index (χ2v) is 7.13. The van der Waals surface area contributed by atoms with Crippen LogP contribution < -0.4 is 10.1 Å². The molecular formula is C20H33NO3. The molecule has 0 fully saturated rings. The van der Waals surface area contributed by atoms with Crippen LogP contribution in [-0.2, 0) is 9.53 Å². The van der Waals surface area contributed by atoms with E-state index in [9.17, 15) is 4.79 Å². The van der Waals surface area contributed by atoms with Crippen LogP contribution in [0.2, 0.25) is 0 Å². The van der Waals surface area contributed by atoms with Gasteiger partial charge in [-0.25, -0.2) is 0 Å². The van der Waals surface area contributed by atoms with E-state index >= 15 is 0 Å². The van der Waals surface area contributed by atoms with Crippen LogP contribution in [0.5, 0.6) is 5.75 Å². The van der Waals surface area contributed by atoms with Crippen molar-refractivity contribution in [1.82, 2.24) is 0 Å². The van der Waals surface area contributed by atoms with E-state index in [-0.39, 0.29) is 5.91 Å². The van der Waals surface area contributed by atoms with Crippen molar-refractivity contribution in [2.24, 2.45) is 5.92 Å². The van der Waals surface area contributed by atoms with Gasteiger partial charge in [0.25, 0.3) is 5.91 Å². The molecular weight excluding hydrogens is 302 g/mol. The molecule has 0 aliphatic rings. The number of aryl methyl sites for hydroxylation is 2. The van der Waals surface area contributed by atoms with Crippen LogP contribution >= 0.6 is 0 Å². The van der Waals surface area contributed by atoms with Crippen molar-refractivity contribution in [3.8, 4) is 5.75 Å². The summed E-state index contributed by atoms with van der Waals surface area (Å²) in [6.45, 7) is 12.9. The summed E-state index contributed by atoms with van der Waals surface area (Å²) in [4.78, 5) is 12.7. The van der Waals surface area contributed by atoms with Gasteiger partial charge in [-0.05, 0) is 62.8 Å². The van der Waals surface area contributed by atoms with Gasteiger partial charge in [-0.15, -0.1) is 0 Å². The van der Waals surface area contributed by atoms with Gasteiger partial charge in [0.1, 0.15) is 11.4 Å². The molecule has 24 heavy (non-hydrogen) atoms. The summed E-state index contributed by atoms with van der Waals surface area (Å²) in [6.07, 6.45) is 2.82. The molecule has 0 saturated carbocycles. The summed E-state index contributed by atoms with van der Waals surface area (Å²) in [7, 11) is 1.59. The molecule has 1 atom stereocenters. The number of anilines is 1. The number of methoxy groups -OCH3 is 1. The average Bonchev–Trinajstić information content (AvgIpc) is 2.49. The van der Waals surface area contributed by atoms with Crippen LogP contribution in [0, 0.1) is 19.8 Å². The number of benzene rings is 1. The summed E-state index contributed by atoms with van der Waals surface area (Å²) >= 11 is 0. The number of nitrogens with one attached hydrogen (secondary N) is 1. The van der Waals surface area contributed by atoms with Gasteiger partial charge in [-0.3, -0.25) is 4.79 Å². The van der Waals surface area contributed by atoms with E-state index in [1.807, 2.05) is 32.9 Å². The Hall–Kier alpha value is -1.55. The minimum atomic E-state index is -0.827. The predicted molar refractivity (Wildman–Crippen MR) is 99.8 cm³/mol. The summed E-state index contributed by atoms with van der Waals surface area (Å²) in [6, 6.07) is 3.91. The van der Waals surface area contributed by atoms with Crippen LogP contribution in [0.25, 0.3) is 0 Å². The lowest BCUT2D eigenvalue weighted by molar-refractivity contribution is -0.137. The minimum Gasteiger partial charge on any atom is -0.493 e. The predicted octanol–water partition coefficient (Wildman–Crippen LogP) is 4.87. The number of carbonyl (C=O) groups is 1. The van der Waals surface area contributed by atoms with E-state index in [2.05, 4.69) is 26.1 Å². The maximum atomic E-state index is 12.7. The van der Waals surface area contributed by atoms with Crippen LogP contribution in [-0.4, -0.2) is 25.2 Å². The van der Waals surface area contributed by atoms with Gasteiger partial charge >= 0.3 is 0 Å². The minimum absolute atomic E-state index is 0.114. The number of unbranched alkanes of at least 4 members (excludes halogenated alkanes) is 1. The molecule has 0 aromatic heterocycles. The first-order chi connectivity index (χ1) is 11.2. The summed E-state index contributed by atoms with van der Waals surface area (Å²) in [5.74, 6) is 1.17. The molecule has 4 nitrogen and oxygen atoms in total. The number of carbonyl (C=O) groups excluding carboxylic acids is 1. The number of hydrogen-bond acceptors (Lipinski definition) is 3. The molecule has 0 heterocycles. The van der Waals surface area contributed by atoms with Crippen LogP contribution in [0.15, 0.2) is 12.1 Å². The first-order valence-corrected chi connectivity index (χ1v) is 8.84. The van der Waals surface area contributed by atoms with Crippen molar-refractivity contribution in [3.05, 3.63) is 23.3 Å². The van der Waals surface area contributed by atoms with Gasteiger partial charge in [-0.1, -0.05) is 27.2 Å². The van der Waals surface area contributed by atoms with Crippen molar-refractivity contribution in [2.45, 2.75) is 66.4 Å². The van der Waals surface area contributed by atoms with E-state index in [1.54, 1.807) is 7.11 Å². The molecule has 1 rings (SSSR count). The lowest BCUT2D eigenvalue weighted by Gasteiger charge is -2.28. The largest absolute Gasteiger partial charge is 0.493 e. The molecule has 1 N–H and O–H groups in total. The molecule has 0 aliphatic heterocycles. The maximum absolute atomic E-state index is 12.7. The van der Waals surface area contributed by atoms with Crippen LogP contribution in [0.3, 0.4) is 0 Å². The first-order valence-electron chi connectivity index (χ1n) is 8.84. The average molecular weight is 335 g/mol. The SMILES string of the molecule is CCCCOc1c(C)cc(NC(=O)[C@@](C)(CC(C)C)OC)cc1C. The zero-order chi connectivity index (χ0) is 18.3. The van der Waals surface area contributed by atoms with Crippen molar-refractivity contribution in [1.29, 1.82) is 0 Å². The Morgan fingerprint density at radius 2 is 1.83 bits per heavy atom. The van der Waals surface area contributed by atoms with Gasteiger partial charge in [0, 0.05) is 12.8 Å². The second kappa shape index (κ2) is 9.07. The molecule has 136 valence electrons. The van der Waals surface area contributed by atoms with E-state index < -0.39 is 5.60 Å². The molecule has 1 aromatic carbocycles. The van der Waals surface area contributed by atoms with Crippen LogP contribution in [0.1, 0.15) is 58.1 Å². The number of amides is 1. The highest BCUT2D eigenvalue weighted by Gasteiger charge is 2.34. The third kappa shape index (κ3) is 5.52. The molecule has 0 radical (unpaired) electrons. The molecule has 4 heteroatoms. The Bertz CT molecular complexity index is 531. The fourth-order valence-corrected chi connectivity index (χ4v) is 2.88. The Balaban J connectivity index is 2.90. The normalized spacial score (nSPS) is 13.7. The Labute approximate surface area is 146 Å². The second-order valence-electron chi connectivity index (χ2n) is 7.13. The summed E-state index contributed by atoms with van der Waals surface area (Å²) in [5.41, 5.74) is 2.02. The smallest absolute Gasteiger partial charge is 0.256 e. The summed E-state index contributed by atoms with van der Waals surface area (Å²) < 4.78 is 11.4. The highest BCUT2D eigenvalue weighted by molar-refractivity contribution is 5.97. The van der Waals surface area contributed by atoms with Crippen molar-refractivity contribution in [3.63, 3.8) is 0 Å². The van der Waals surface area contributed by atoms with E-state index in [1.165, 1.54) is 0 Å². The fourth-order valence-electron chi connectivity index (χ4n) is 2.88. The van der Waals surface area contributed by atoms with E-state index in [4.69, 9.17) is 9.47 Å². The maximum Gasteiger partial charge on any atom is 0.256 e. The Kier molecular flexibility index (Phi) is 7.74. The first kappa shape index (κ1) is 20.5. The molecule has 0 aliphatic carbocycles. The molecule has 0 saturated heterocycles. The topological polar surface area (TPSA) is 47.6 Å². The van der Waals surface area contributed by atoms with E-state index in [0.717, 1.165) is 42.0 Å². The summed E-state index contributed by atoms with van der Waals surface area (Å²) in [5, 5.41) is 3.00. The molecule has 0 bridgehead atoms. The third-order valence-corrected chi connectivity index (χ3v) is 4.19. The highest BCUT2D eigenvalue weighted by Crippen LogP contribution is 2.29. The van der Waals surface area contributed by atoms with Crippen LogP contribution in [0.4, 0.5) is 5.69 Å². The van der Waals surface area contributed by atoms with Crippen molar-refractivity contribution >= 4 is 11.6 Å². The van der Waals surface area contributed by atoms with E-state index in [0.29, 0.717) is 12.3 Å². The van der Waals surface area contributed by atoms with Gasteiger partial charge < -0.3 is 14.8 Å². The lowest BCUT2D eigenvalue weighted by Crippen LogP contribution is -2.43. The highest BCUT2D eigenvalue weighted by atomic mass is 16.5. The van der Waals surface area contributed by atoms with Gasteiger partial charge in [0.15, 0.2) is 0 Å². The van der Waals surface area contributed by atoms with Crippen molar-refractivity contribution in [2.75, 3.05) is 19.0 Å². The van der Waals surface area contributed by atoms with Gasteiger partial charge in [0.05, 0.1) is 6.61 Å². The fraction of sp³-hybridized carbons (Fsp3) is 0.650. The quantitative estimate of drug-likeness (QED) is 0.655. The number of rotatable bonds is 9. The number of ether oxygens (including phenoxy) is 2. The Morgan fingerprint density at radius 3 is 2.29 bits per heavy atom. The molecule has 0 unspecified atom stereocenters. The standard InChI is InChI=1S/C20H33NO3/c1-8-9-10-24-18-15(4)11-17(12-16(18)5)21-19(22)20(6,23-7)13-14(2)3/h11-12,14H,8-10,13H2,1-7H3,(H,21,22)/t20-/m1/s1. The zero-order valence-corrected chi connectivity index (χ0v) is 16.3. The third-order valence-electron chi connectivity index (χ3n) is 4.19. The Morgan fingerprint density at radius 1 is 1.25 bits per heavy atom. The van der Waals surface area contributed by atoms with Crippen molar-refractivity contribution < 1.29 is 14.3 Å². The lowest BCUT2D eigenvalue weighted by atomic mass is 9.93. The molecule has 0 spiro atoms. The molecule has 1 amide bonds. The van der Waals surface area contributed by atoms with Gasteiger partial charge in [0.2, 0.25) is 0 Å².